The lowest BCUT2D eigenvalue weighted by molar-refractivity contribution is -0.384. The van der Waals surface area contributed by atoms with E-state index in [-0.39, 0.29) is 34.7 Å². The number of aryl methyl sites for hydroxylation is 1. The van der Waals surface area contributed by atoms with Crippen LogP contribution in [0.2, 0.25) is 5.02 Å². The number of allylic oxidation sites excluding steroid dienone is 2. The molecule has 0 saturated carbocycles. The van der Waals surface area contributed by atoms with Gasteiger partial charge in [0.15, 0.2) is 5.78 Å². The number of ketones is 1. The van der Waals surface area contributed by atoms with Gasteiger partial charge in [0, 0.05) is 36.1 Å². The molecule has 0 N–H and O–H groups in total. The SMILES string of the molecule is Cc1ccc(C2CC(=O)N(c3ccc(Cl)c([N+](=O)[O-])c3)C3=C2C(=O)CCC3)cc1. The first-order valence-electron chi connectivity index (χ1n) is 9.46. The quantitative estimate of drug-likeness (QED) is 0.521. The Labute approximate surface area is 172 Å². The molecule has 29 heavy (non-hydrogen) atoms. The summed E-state index contributed by atoms with van der Waals surface area (Å²) in [5.41, 5.74) is 3.46. The zero-order chi connectivity index (χ0) is 20.7. The van der Waals surface area contributed by atoms with Crippen molar-refractivity contribution in [1.82, 2.24) is 0 Å². The summed E-state index contributed by atoms with van der Waals surface area (Å²) in [6.07, 6.45) is 1.82. The Bertz CT molecular complexity index is 1060. The molecule has 2 aromatic carbocycles. The molecule has 1 atom stereocenters. The van der Waals surface area contributed by atoms with Crippen molar-refractivity contribution in [2.75, 3.05) is 4.90 Å². The number of halogens is 1. The fourth-order valence-corrected chi connectivity index (χ4v) is 4.34. The summed E-state index contributed by atoms with van der Waals surface area (Å²) < 4.78 is 0. The highest BCUT2D eigenvalue weighted by molar-refractivity contribution is 6.32. The van der Waals surface area contributed by atoms with E-state index in [0.717, 1.165) is 11.1 Å². The van der Waals surface area contributed by atoms with E-state index in [0.29, 0.717) is 36.2 Å². The number of hydrogen-bond acceptors (Lipinski definition) is 4. The standard InChI is InChI=1S/C22H19ClN2O4/c1-13-5-7-14(8-6-13)16-12-21(27)24(18-3-2-4-20(26)22(16)18)15-9-10-17(23)19(11-15)25(28)29/h5-11,16H,2-4,12H2,1H3. The molecule has 1 amide bonds. The maximum Gasteiger partial charge on any atom is 0.289 e. The van der Waals surface area contributed by atoms with E-state index in [1.54, 1.807) is 6.07 Å². The number of rotatable bonds is 3. The van der Waals surface area contributed by atoms with Gasteiger partial charge in [-0.15, -0.1) is 0 Å². The van der Waals surface area contributed by atoms with Crippen LogP contribution < -0.4 is 4.90 Å². The topological polar surface area (TPSA) is 80.5 Å². The number of benzene rings is 2. The molecule has 1 heterocycles. The van der Waals surface area contributed by atoms with Crippen LogP contribution in [0.1, 0.15) is 42.7 Å². The van der Waals surface area contributed by atoms with Crippen LogP contribution in [0.5, 0.6) is 0 Å². The minimum Gasteiger partial charge on any atom is -0.294 e. The number of amides is 1. The Morgan fingerprint density at radius 1 is 1.10 bits per heavy atom. The Kier molecular flexibility index (Phi) is 4.96. The average molecular weight is 411 g/mol. The van der Waals surface area contributed by atoms with E-state index in [1.807, 2.05) is 31.2 Å². The number of nitrogens with zero attached hydrogens (tertiary/aromatic N) is 2. The lowest BCUT2D eigenvalue weighted by atomic mass is 9.77. The molecule has 0 radical (unpaired) electrons. The number of Topliss-reactive ketones (excluding diaryl/α,β-unsaturated/α-hetero) is 1. The highest BCUT2D eigenvalue weighted by Gasteiger charge is 2.40. The number of carbonyl (C=O) groups excluding carboxylic acids is 2. The number of carbonyl (C=O) groups is 2. The molecular weight excluding hydrogens is 392 g/mol. The van der Waals surface area contributed by atoms with Gasteiger partial charge in [-0.05, 0) is 37.5 Å². The van der Waals surface area contributed by atoms with E-state index in [9.17, 15) is 19.7 Å². The van der Waals surface area contributed by atoms with Crippen LogP contribution in [0.15, 0.2) is 53.7 Å². The van der Waals surface area contributed by atoms with Gasteiger partial charge >= 0.3 is 0 Å². The zero-order valence-electron chi connectivity index (χ0n) is 15.9. The van der Waals surface area contributed by atoms with Crippen LogP contribution in [-0.4, -0.2) is 16.6 Å². The zero-order valence-corrected chi connectivity index (χ0v) is 16.6. The Hall–Kier alpha value is -2.99. The molecule has 6 nitrogen and oxygen atoms in total. The highest BCUT2D eigenvalue weighted by Crippen LogP contribution is 2.44. The van der Waals surface area contributed by atoms with Crippen molar-refractivity contribution in [3.05, 3.63) is 80.0 Å². The van der Waals surface area contributed by atoms with E-state index >= 15 is 0 Å². The van der Waals surface area contributed by atoms with Crippen LogP contribution in [0, 0.1) is 17.0 Å². The minimum absolute atomic E-state index is 0.00895. The molecule has 4 rings (SSSR count). The predicted octanol–water partition coefficient (Wildman–Crippen LogP) is 5.08. The second-order valence-electron chi connectivity index (χ2n) is 7.43. The Balaban J connectivity index is 1.86. The Morgan fingerprint density at radius 3 is 2.52 bits per heavy atom. The Morgan fingerprint density at radius 2 is 1.83 bits per heavy atom. The first-order valence-corrected chi connectivity index (χ1v) is 9.84. The molecule has 0 spiro atoms. The summed E-state index contributed by atoms with van der Waals surface area (Å²) in [4.78, 5) is 38.2. The fraction of sp³-hybridized carbons (Fsp3) is 0.273. The van der Waals surface area contributed by atoms with Crippen molar-refractivity contribution in [2.45, 2.75) is 38.5 Å². The fourth-order valence-electron chi connectivity index (χ4n) is 4.16. The molecule has 2 aromatic rings. The molecule has 1 unspecified atom stereocenters. The van der Waals surface area contributed by atoms with E-state index in [4.69, 9.17) is 11.6 Å². The summed E-state index contributed by atoms with van der Waals surface area (Å²) >= 11 is 5.93. The van der Waals surface area contributed by atoms with Crippen molar-refractivity contribution in [3.63, 3.8) is 0 Å². The van der Waals surface area contributed by atoms with Crippen molar-refractivity contribution in [1.29, 1.82) is 0 Å². The van der Waals surface area contributed by atoms with Crippen molar-refractivity contribution < 1.29 is 14.5 Å². The number of nitro benzene ring substituents is 1. The van der Waals surface area contributed by atoms with Gasteiger partial charge in [0.1, 0.15) is 5.02 Å². The van der Waals surface area contributed by atoms with Gasteiger partial charge in [-0.3, -0.25) is 24.6 Å². The number of nitro groups is 1. The molecule has 0 saturated heterocycles. The van der Waals surface area contributed by atoms with Gasteiger partial charge < -0.3 is 0 Å². The van der Waals surface area contributed by atoms with Crippen LogP contribution >= 0.6 is 11.6 Å². The third kappa shape index (κ3) is 3.44. The van der Waals surface area contributed by atoms with Gasteiger partial charge in [0.05, 0.1) is 10.6 Å². The van der Waals surface area contributed by atoms with Crippen LogP contribution in [0.3, 0.4) is 0 Å². The largest absolute Gasteiger partial charge is 0.294 e. The van der Waals surface area contributed by atoms with Crippen LogP contribution in [0.4, 0.5) is 11.4 Å². The van der Waals surface area contributed by atoms with Gasteiger partial charge in [0.25, 0.3) is 5.69 Å². The van der Waals surface area contributed by atoms with E-state index < -0.39 is 4.92 Å². The van der Waals surface area contributed by atoms with Gasteiger partial charge in [0.2, 0.25) is 5.91 Å². The smallest absolute Gasteiger partial charge is 0.289 e. The monoisotopic (exact) mass is 410 g/mol. The molecule has 2 aliphatic rings. The molecule has 148 valence electrons. The molecular formula is C22H19ClN2O4. The second kappa shape index (κ2) is 7.44. The summed E-state index contributed by atoms with van der Waals surface area (Å²) in [5.74, 6) is -0.428. The molecule has 1 aliphatic carbocycles. The second-order valence-corrected chi connectivity index (χ2v) is 7.83. The third-order valence-corrected chi connectivity index (χ3v) is 5.86. The lowest BCUT2D eigenvalue weighted by Gasteiger charge is -2.38. The lowest BCUT2D eigenvalue weighted by Crippen LogP contribution is -2.40. The van der Waals surface area contributed by atoms with Gasteiger partial charge in [-0.2, -0.15) is 0 Å². The molecule has 0 bridgehead atoms. The average Bonchev–Trinajstić information content (AvgIpc) is 2.69. The normalized spacial score (nSPS) is 19.4. The van der Waals surface area contributed by atoms with Gasteiger partial charge in [-0.25, -0.2) is 0 Å². The summed E-state index contributed by atoms with van der Waals surface area (Å²) in [6.45, 7) is 1.99. The van der Waals surface area contributed by atoms with Crippen LogP contribution in [-0.2, 0) is 9.59 Å². The van der Waals surface area contributed by atoms with Crippen molar-refractivity contribution >= 4 is 34.7 Å². The number of anilines is 1. The first-order chi connectivity index (χ1) is 13.9. The maximum atomic E-state index is 13.2. The summed E-state index contributed by atoms with van der Waals surface area (Å²) in [6, 6.07) is 12.2. The van der Waals surface area contributed by atoms with E-state index in [2.05, 4.69) is 0 Å². The van der Waals surface area contributed by atoms with E-state index in [1.165, 1.54) is 17.0 Å². The van der Waals surface area contributed by atoms with Crippen molar-refractivity contribution in [3.8, 4) is 0 Å². The minimum atomic E-state index is -0.573. The molecule has 0 aromatic heterocycles. The molecule has 0 fully saturated rings. The van der Waals surface area contributed by atoms with Crippen molar-refractivity contribution in [2.24, 2.45) is 0 Å². The molecule has 1 aliphatic heterocycles. The first kappa shape index (κ1) is 19.3. The number of hydrogen-bond donors (Lipinski definition) is 0. The maximum absolute atomic E-state index is 13.2. The summed E-state index contributed by atoms with van der Waals surface area (Å²) in [5, 5.41) is 11.3. The highest BCUT2D eigenvalue weighted by atomic mass is 35.5. The molecule has 7 heteroatoms. The van der Waals surface area contributed by atoms with Gasteiger partial charge in [-0.1, -0.05) is 41.4 Å². The predicted molar refractivity (Wildman–Crippen MR) is 110 cm³/mol. The van der Waals surface area contributed by atoms with Crippen LogP contribution in [0.25, 0.3) is 0 Å². The third-order valence-electron chi connectivity index (χ3n) is 5.54. The summed E-state index contributed by atoms with van der Waals surface area (Å²) in [7, 11) is 0.